The van der Waals surface area contributed by atoms with Gasteiger partial charge >= 0.3 is 0 Å². The van der Waals surface area contributed by atoms with Crippen molar-refractivity contribution in [3.05, 3.63) is 58.5 Å². The first-order valence-electron chi connectivity index (χ1n) is 9.32. The van der Waals surface area contributed by atoms with Gasteiger partial charge in [0.05, 0.1) is 17.4 Å². The molecule has 0 spiro atoms. The molecule has 1 unspecified atom stereocenters. The maximum absolute atomic E-state index is 6.06. The molecule has 138 valence electrons. The first-order chi connectivity index (χ1) is 13.3. The number of rotatable bonds is 4. The van der Waals surface area contributed by atoms with Crippen molar-refractivity contribution in [1.29, 1.82) is 0 Å². The SMILES string of the molecule is Cc1nc2ccccn2c1CN1CCCCC1c1nnc(-c2ccsc2)o1. The smallest absolute Gasteiger partial charge is 0.248 e. The summed E-state index contributed by atoms with van der Waals surface area (Å²) in [4.78, 5) is 7.16. The van der Waals surface area contributed by atoms with Gasteiger partial charge in [0.2, 0.25) is 11.8 Å². The summed E-state index contributed by atoms with van der Waals surface area (Å²) in [7, 11) is 0. The van der Waals surface area contributed by atoms with Crippen LogP contribution in [0.3, 0.4) is 0 Å². The molecule has 6 nitrogen and oxygen atoms in total. The fraction of sp³-hybridized carbons (Fsp3) is 0.350. The Morgan fingerprint density at radius 2 is 2.19 bits per heavy atom. The number of fused-ring (bicyclic) bond motifs is 1. The van der Waals surface area contributed by atoms with E-state index in [4.69, 9.17) is 9.40 Å². The van der Waals surface area contributed by atoms with E-state index < -0.39 is 0 Å². The maximum atomic E-state index is 6.06. The summed E-state index contributed by atoms with van der Waals surface area (Å²) in [6.07, 6.45) is 5.51. The summed E-state index contributed by atoms with van der Waals surface area (Å²) in [6.45, 7) is 3.95. The van der Waals surface area contributed by atoms with Gasteiger partial charge in [-0.15, -0.1) is 10.2 Å². The van der Waals surface area contributed by atoms with Crippen molar-refractivity contribution in [2.45, 2.75) is 38.8 Å². The first kappa shape index (κ1) is 16.6. The van der Waals surface area contributed by atoms with Gasteiger partial charge in [0, 0.05) is 23.7 Å². The molecule has 7 heteroatoms. The van der Waals surface area contributed by atoms with Crippen LogP contribution in [0, 0.1) is 6.92 Å². The highest BCUT2D eigenvalue weighted by Crippen LogP contribution is 2.33. The molecule has 0 saturated carbocycles. The number of aromatic nitrogens is 4. The van der Waals surface area contributed by atoms with E-state index in [1.54, 1.807) is 11.3 Å². The summed E-state index contributed by atoms with van der Waals surface area (Å²) in [5.74, 6) is 1.34. The van der Waals surface area contributed by atoms with E-state index in [1.807, 2.05) is 22.9 Å². The highest BCUT2D eigenvalue weighted by atomic mass is 32.1. The van der Waals surface area contributed by atoms with Gasteiger partial charge < -0.3 is 8.82 Å². The highest BCUT2D eigenvalue weighted by Gasteiger charge is 2.30. The second kappa shape index (κ2) is 6.90. The molecule has 27 heavy (non-hydrogen) atoms. The van der Waals surface area contributed by atoms with Gasteiger partial charge in [-0.1, -0.05) is 12.5 Å². The second-order valence-corrected chi connectivity index (χ2v) is 7.79. The molecule has 5 rings (SSSR count). The van der Waals surface area contributed by atoms with Crippen molar-refractivity contribution in [3.8, 4) is 11.5 Å². The predicted octanol–water partition coefficient (Wildman–Crippen LogP) is 4.48. The minimum absolute atomic E-state index is 0.160. The van der Waals surface area contributed by atoms with Crippen molar-refractivity contribution in [2.24, 2.45) is 0 Å². The minimum Gasteiger partial charge on any atom is -0.419 e. The molecule has 0 amide bonds. The Morgan fingerprint density at radius 1 is 1.22 bits per heavy atom. The van der Waals surface area contributed by atoms with E-state index in [9.17, 15) is 0 Å². The molecule has 1 aliphatic rings. The highest BCUT2D eigenvalue weighted by molar-refractivity contribution is 7.08. The molecule has 1 atom stereocenters. The third kappa shape index (κ3) is 3.07. The molecule has 0 bridgehead atoms. The van der Waals surface area contributed by atoms with Crippen molar-refractivity contribution in [1.82, 2.24) is 24.5 Å². The molecule has 0 N–H and O–H groups in total. The summed E-state index contributed by atoms with van der Waals surface area (Å²) < 4.78 is 8.24. The van der Waals surface area contributed by atoms with E-state index >= 15 is 0 Å². The van der Waals surface area contributed by atoms with Crippen LogP contribution in [0.1, 0.15) is 42.6 Å². The lowest BCUT2D eigenvalue weighted by Gasteiger charge is -2.33. The Hall–Kier alpha value is -2.51. The van der Waals surface area contributed by atoms with E-state index in [1.165, 1.54) is 18.5 Å². The molecular weight excluding hydrogens is 358 g/mol. The summed E-state index contributed by atoms with van der Waals surface area (Å²) >= 11 is 1.64. The number of nitrogens with zero attached hydrogens (tertiary/aromatic N) is 5. The zero-order valence-corrected chi connectivity index (χ0v) is 16.0. The third-order valence-corrected chi connectivity index (χ3v) is 5.97. The monoisotopic (exact) mass is 379 g/mol. The number of piperidine rings is 1. The van der Waals surface area contributed by atoms with Crippen LogP contribution >= 0.6 is 11.3 Å². The Morgan fingerprint density at radius 3 is 3.07 bits per heavy atom. The second-order valence-electron chi connectivity index (χ2n) is 7.01. The number of hydrogen-bond acceptors (Lipinski definition) is 6. The fourth-order valence-corrected chi connectivity index (χ4v) is 4.51. The van der Waals surface area contributed by atoms with Crippen molar-refractivity contribution in [2.75, 3.05) is 6.54 Å². The van der Waals surface area contributed by atoms with Crippen LogP contribution in [0.4, 0.5) is 0 Å². The molecule has 5 heterocycles. The number of pyridine rings is 1. The van der Waals surface area contributed by atoms with Gasteiger partial charge in [-0.2, -0.15) is 11.3 Å². The Labute approximate surface area is 161 Å². The predicted molar refractivity (Wildman–Crippen MR) is 105 cm³/mol. The Balaban J connectivity index is 1.45. The van der Waals surface area contributed by atoms with Crippen LogP contribution in [0.25, 0.3) is 17.1 Å². The van der Waals surface area contributed by atoms with Crippen molar-refractivity contribution >= 4 is 17.0 Å². The van der Waals surface area contributed by atoms with E-state index in [0.717, 1.165) is 42.3 Å². The number of thiophene rings is 1. The molecule has 4 aromatic heterocycles. The van der Waals surface area contributed by atoms with Gasteiger partial charge in [0.15, 0.2) is 0 Å². The molecule has 1 saturated heterocycles. The third-order valence-electron chi connectivity index (χ3n) is 5.29. The normalized spacial score (nSPS) is 18.3. The number of aryl methyl sites for hydroxylation is 1. The average molecular weight is 379 g/mol. The lowest BCUT2D eigenvalue weighted by Crippen LogP contribution is -2.33. The van der Waals surface area contributed by atoms with Crippen molar-refractivity contribution in [3.63, 3.8) is 0 Å². The van der Waals surface area contributed by atoms with Crippen LogP contribution in [0.15, 0.2) is 45.6 Å². The van der Waals surface area contributed by atoms with Gasteiger partial charge in [-0.3, -0.25) is 4.90 Å². The van der Waals surface area contributed by atoms with E-state index in [2.05, 4.69) is 44.8 Å². The summed E-state index contributed by atoms with van der Waals surface area (Å²) in [5.41, 5.74) is 4.31. The minimum atomic E-state index is 0.160. The Bertz CT molecular complexity index is 1050. The lowest BCUT2D eigenvalue weighted by molar-refractivity contribution is 0.116. The van der Waals surface area contributed by atoms with E-state index in [0.29, 0.717) is 5.89 Å². The van der Waals surface area contributed by atoms with Gasteiger partial charge in [0.1, 0.15) is 5.65 Å². The molecule has 0 aliphatic carbocycles. The number of imidazole rings is 1. The summed E-state index contributed by atoms with van der Waals surface area (Å²) in [6, 6.07) is 8.31. The molecule has 1 aliphatic heterocycles. The van der Waals surface area contributed by atoms with E-state index in [-0.39, 0.29) is 6.04 Å². The zero-order chi connectivity index (χ0) is 18.2. The van der Waals surface area contributed by atoms with Crippen LogP contribution in [-0.2, 0) is 6.54 Å². The topological polar surface area (TPSA) is 59.5 Å². The van der Waals surface area contributed by atoms with Crippen LogP contribution in [-0.4, -0.2) is 31.0 Å². The van der Waals surface area contributed by atoms with Crippen molar-refractivity contribution < 1.29 is 4.42 Å². The molecular formula is C20H21N5OS. The summed E-state index contributed by atoms with van der Waals surface area (Å²) in [5, 5.41) is 12.7. The van der Waals surface area contributed by atoms with Gasteiger partial charge in [0.25, 0.3) is 0 Å². The average Bonchev–Trinajstić information content (AvgIpc) is 3.43. The Kier molecular flexibility index (Phi) is 4.26. The first-order valence-corrected chi connectivity index (χ1v) is 10.3. The number of hydrogen-bond donors (Lipinski definition) is 0. The van der Waals surface area contributed by atoms with Gasteiger partial charge in [-0.05, 0) is 49.9 Å². The molecule has 0 aromatic carbocycles. The quantitative estimate of drug-likeness (QED) is 0.523. The molecule has 1 fully saturated rings. The largest absolute Gasteiger partial charge is 0.419 e. The fourth-order valence-electron chi connectivity index (χ4n) is 3.88. The van der Waals surface area contributed by atoms with Crippen LogP contribution in [0.2, 0.25) is 0 Å². The van der Waals surface area contributed by atoms with Crippen LogP contribution < -0.4 is 0 Å². The molecule has 4 aromatic rings. The number of likely N-dealkylation sites (tertiary alicyclic amines) is 1. The zero-order valence-electron chi connectivity index (χ0n) is 15.2. The van der Waals surface area contributed by atoms with Gasteiger partial charge in [-0.25, -0.2) is 4.98 Å². The standard InChI is InChI=1S/C20H21N5OS/c1-14-17(25-10-5-3-7-18(25)21-14)12-24-9-4-2-6-16(24)20-23-22-19(26-20)15-8-11-27-13-15/h3,5,7-8,10-11,13,16H,2,4,6,9,12H2,1H3. The molecule has 0 radical (unpaired) electrons. The lowest BCUT2D eigenvalue weighted by atomic mass is 10.0. The van der Waals surface area contributed by atoms with Crippen LogP contribution in [0.5, 0.6) is 0 Å². The maximum Gasteiger partial charge on any atom is 0.248 e.